The molecule has 0 aromatic heterocycles. The van der Waals surface area contributed by atoms with Crippen LogP contribution in [0.15, 0.2) is 18.2 Å². The highest BCUT2D eigenvalue weighted by Gasteiger charge is 2.20. The fourth-order valence-electron chi connectivity index (χ4n) is 2.41. The van der Waals surface area contributed by atoms with Crippen molar-refractivity contribution in [3.8, 4) is 0 Å². The first-order chi connectivity index (χ1) is 8.52. The molecule has 1 aromatic carbocycles. The van der Waals surface area contributed by atoms with Crippen molar-refractivity contribution in [2.24, 2.45) is 0 Å². The van der Waals surface area contributed by atoms with E-state index in [0.717, 1.165) is 0 Å². The second kappa shape index (κ2) is 5.39. The molecule has 100 valence electrons. The largest absolute Gasteiger partial charge is 0.393 e. The van der Waals surface area contributed by atoms with Gasteiger partial charge >= 0.3 is 0 Å². The predicted octanol–water partition coefficient (Wildman–Crippen LogP) is 1.57. The number of rotatable bonds is 5. The minimum atomic E-state index is -1.05. The Balaban J connectivity index is 1.99. The van der Waals surface area contributed by atoms with Crippen molar-refractivity contribution in [3.63, 3.8) is 0 Å². The van der Waals surface area contributed by atoms with Crippen LogP contribution in [0.25, 0.3) is 0 Å². The van der Waals surface area contributed by atoms with E-state index in [0.29, 0.717) is 6.54 Å². The monoisotopic (exact) mass is 249 g/mol. The third-order valence-corrected chi connectivity index (χ3v) is 3.75. The third kappa shape index (κ3) is 3.10. The Morgan fingerprint density at radius 1 is 1.33 bits per heavy atom. The van der Waals surface area contributed by atoms with Gasteiger partial charge < -0.3 is 15.5 Å². The average molecular weight is 249 g/mol. The van der Waals surface area contributed by atoms with Gasteiger partial charge in [0.2, 0.25) is 0 Å². The Morgan fingerprint density at radius 2 is 2.06 bits per heavy atom. The molecule has 3 N–H and O–H groups in total. The van der Waals surface area contributed by atoms with E-state index in [4.69, 9.17) is 5.11 Å². The van der Waals surface area contributed by atoms with Crippen molar-refractivity contribution >= 4 is 0 Å². The van der Waals surface area contributed by atoms with E-state index in [9.17, 15) is 5.11 Å². The maximum atomic E-state index is 9.76. The summed E-state index contributed by atoms with van der Waals surface area (Å²) in [6.45, 7) is 3.89. The van der Waals surface area contributed by atoms with Crippen molar-refractivity contribution in [1.82, 2.24) is 5.32 Å². The molecule has 0 amide bonds. The molecular weight excluding hydrogens is 226 g/mol. The predicted molar refractivity (Wildman–Crippen MR) is 72.6 cm³/mol. The number of benzene rings is 1. The molecule has 1 aliphatic rings. The summed E-state index contributed by atoms with van der Waals surface area (Å²) in [7, 11) is 0. The first-order valence-corrected chi connectivity index (χ1v) is 6.70. The minimum absolute atomic E-state index is 0.189. The smallest absolute Gasteiger partial charge is 0.0973 e. The van der Waals surface area contributed by atoms with E-state index in [2.05, 4.69) is 30.4 Å². The molecule has 0 saturated heterocycles. The van der Waals surface area contributed by atoms with Crippen LogP contribution in [-0.2, 0) is 12.8 Å². The minimum Gasteiger partial charge on any atom is -0.393 e. The number of aliphatic hydroxyl groups is 2. The molecule has 2 unspecified atom stereocenters. The summed E-state index contributed by atoms with van der Waals surface area (Å²) >= 11 is 0. The van der Waals surface area contributed by atoms with Crippen LogP contribution in [0.5, 0.6) is 0 Å². The van der Waals surface area contributed by atoms with Gasteiger partial charge in [-0.1, -0.05) is 18.2 Å². The lowest BCUT2D eigenvalue weighted by molar-refractivity contribution is 0.00106. The lowest BCUT2D eigenvalue weighted by Crippen LogP contribution is -2.41. The quantitative estimate of drug-likeness (QED) is 0.742. The molecule has 0 spiro atoms. The summed E-state index contributed by atoms with van der Waals surface area (Å²) in [5.41, 5.74) is 3.15. The zero-order chi connectivity index (χ0) is 13.2. The molecule has 2 rings (SSSR count). The molecule has 0 saturated carbocycles. The summed E-state index contributed by atoms with van der Waals surface area (Å²) in [4.78, 5) is 0. The second-order valence-electron chi connectivity index (χ2n) is 5.64. The molecule has 0 bridgehead atoms. The van der Waals surface area contributed by atoms with Crippen molar-refractivity contribution in [2.45, 2.75) is 44.8 Å². The van der Waals surface area contributed by atoms with Crippen molar-refractivity contribution in [1.29, 1.82) is 0 Å². The molecule has 0 radical (unpaired) electrons. The van der Waals surface area contributed by atoms with Crippen molar-refractivity contribution in [2.75, 3.05) is 13.2 Å². The summed E-state index contributed by atoms with van der Waals surface area (Å²) in [6, 6.07) is 6.84. The average Bonchev–Trinajstić information content (AvgIpc) is 2.83. The van der Waals surface area contributed by atoms with Crippen LogP contribution in [0.4, 0.5) is 0 Å². The lowest BCUT2D eigenvalue weighted by Gasteiger charge is -2.24. The number of fused-ring (bicyclic) bond motifs is 1. The van der Waals surface area contributed by atoms with Crippen LogP contribution >= 0.6 is 0 Å². The molecule has 0 fully saturated rings. The van der Waals surface area contributed by atoms with E-state index in [1.54, 1.807) is 6.92 Å². The first kappa shape index (κ1) is 13.5. The first-order valence-electron chi connectivity index (χ1n) is 6.70. The van der Waals surface area contributed by atoms with Gasteiger partial charge in [-0.15, -0.1) is 0 Å². The molecule has 0 aliphatic heterocycles. The van der Waals surface area contributed by atoms with Crippen LogP contribution in [0.1, 0.15) is 43.0 Å². The van der Waals surface area contributed by atoms with Crippen molar-refractivity contribution < 1.29 is 10.2 Å². The Bertz CT molecular complexity index is 415. The Morgan fingerprint density at radius 3 is 2.78 bits per heavy atom. The van der Waals surface area contributed by atoms with E-state index in [1.165, 1.54) is 36.0 Å². The molecule has 18 heavy (non-hydrogen) atoms. The molecule has 0 heterocycles. The zero-order valence-electron chi connectivity index (χ0n) is 11.2. The summed E-state index contributed by atoms with van der Waals surface area (Å²) in [5, 5.41) is 22.0. The van der Waals surface area contributed by atoms with Gasteiger partial charge in [-0.3, -0.25) is 0 Å². The van der Waals surface area contributed by atoms with Gasteiger partial charge in [0.15, 0.2) is 0 Å². The highest BCUT2D eigenvalue weighted by atomic mass is 16.3. The number of hydrogen-bond donors (Lipinski definition) is 3. The van der Waals surface area contributed by atoms with Gasteiger partial charge in [-0.2, -0.15) is 0 Å². The third-order valence-electron chi connectivity index (χ3n) is 3.75. The van der Waals surface area contributed by atoms with E-state index in [1.807, 2.05) is 0 Å². The van der Waals surface area contributed by atoms with E-state index >= 15 is 0 Å². The Hall–Kier alpha value is -0.900. The van der Waals surface area contributed by atoms with Crippen LogP contribution in [-0.4, -0.2) is 29.0 Å². The Kier molecular flexibility index (Phi) is 4.05. The Labute approximate surface area is 109 Å². The van der Waals surface area contributed by atoms with Crippen LogP contribution in [0, 0.1) is 0 Å². The van der Waals surface area contributed by atoms with Gasteiger partial charge in [-0.25, -0.2) is 0 Å². The lowest BCUT2D eigenvalue weighted by atomic mass is 10.0. The van der Waals surface area contributed by atoms with Gasteiger partial charge in [0.25, 0.3) is 0 Å². The topological polar surface area (TPSA) is 52.5 Å². The molecule has 3 nitrogen and oxygen atoms in total. The zero-order valence-corrected chi connectivity index (χ0v) is 11.2. The highest BCUT2D eigenvalue weighted by Crippen LogP contribution is 2.25. The van der Waals surface area contributed by atoms with E-state index < -0.39 is 5.60 Å². The van der Waals surface area contributed by atoms with Gasteiger partial charge in [0, 0.05) is 12.6 Å². The summed E-state index contributed by atoms with van der Waals surface area (Å²) in [5.74, 6) is 0. The molecular formula is C15H23NO2. The standard InChI is InChI=1S/C15H23NO2/c1-11(16-9-15(2,18)10-17)13-7-6-12-4-3-5-14(12)8-13/h6-8,11,16-18H,3-5,9-10H2,1-2H3. The SMILES string of the molecule is CC(NCC(C)(O)CO)c1ccc2c(c1)CCC2. The number of aliphatic hydroxyl groups excluding tert-OH is 1. The maximum absolute atomic E-state index is 9.76. The van der Waals surface area contributed by atoms with Crippen molar-refractivity contribution in [3.05, 3.63) is 34.9 Å². The number of aryl methyl sites for hydroxylation is 2. The number of hydrogen-bond acceptors (Lipinski definition) is 3. The number of nitrogens with one attached hydrogen (secondary N) is 1. The fourth-order valence-corrected chi connectivity index (χ4v) is 2.41. The molecule has 1 aromatic rings. The van der Waals surface area contributed by atoms with Gasteiger partial charge in [0.05, 0.1) is 12.2 Å². The summed E-state index contributed by atoms with van der Waals surface area (Å²) in [6.07, 6.45) is 3.65. The van der Waals surface area contributed by atoms with Crippen LogP contribution in [0.2, 0.25) is 0 Å². The van der Waals surface area contributed by atoms with E-state index in [-0.39, 0.29) is 12.6 Å². The second-order valence-corrected chi connectivity index (χ2v) is 5.64. The molecule has 2 atom stereocenters. The summed E-state index contributed by atoms with van der Waals surface area (Å²) < 4.78 is 0. The van der Waals surface area contributed by atoms with Gasteiger partial charge in [0.1, 0.15) is 0 Å². The van der Waals surface area contributed by atoms with Gasteiger partial charge in [-0.05, 0) is 49.8 Å². The highest BCUT2D eigenvalue weighted by molar-refractivity contribution is 5.36. The maximum Gasteiger partial charge on any atom is 0.0973 e. The normalized spacial score (nSPS) is 19.3. The molecule has 1 aliphatic carbocycles. The van der Waals surface area contributed by atoms with Crippen LogP contribution in [0.3, 0.4) is 0 Å². The fraction of sp³-hybridized carbons (Fsp3) is 0.600. The van der Waals surface area contributed by atoms with Crippen LogP contribution < -0.4 is 5.32 Å². The molecule has 3 heteroatoms.